The number of hydrogen-bond acceptors (Lipinski definition) is 6. The number of anilines is 3. The Bertz CT molecular complexity index is 996. The van der Waals surface area contributed by atoms with Gasteiger partial charge in [-0.2, -0.15) is 10.2 Å². The van der Waals surface area contributed by atoms with E-state index >= 15 is 0 Å². The number of amides is 1. The zero-order valence-electron chi connectivity index (χ0n) is 17.7. The molecule has 2 heterocycles. The number of aryl methyl sites for hydroxylation is 2. The SMILES string of the molecule is CC(=O)NC1CCCN(c2nc(Nc3ccc(C)c(C#N)c3)nc3c2CCCC3)C1. The number of benzene rings is 1. The van der Waals surface area contributed by atoms with Gasteiger partial charge in [0.1, 0.15) is 5.82 Å². The summed E-state index contributed by atoms with van der Waals surface area (Å²) in [5.41, 5.74) is 4.77. The van der Waals surface area contributed by atoms with E-state index in [2.05, 4.69) is 21.6 Å². The molecular weight excluding hydrogens is 376 g/mol. The van der Waals surface area contributed by atoms with E-state index in [4.69, 9.17) is 9.97 Å². The lowest BCUT2D eigenvalue weighted by molar-refractivity contribution is -0.119. The first-order valence-corrected chi connectivity index (χ1v) is 10.7. The van der Waals surface area contributed by atoms with Gasteiger partial charge in [0.25, 0.3) is 0 Å². The predicted octanol–water partition coefficient (Wildman–Crippen LogP) is 3.38. The Balaban J connectivity index is 1.65. The van der Waals surface area contributed by atoms with Crippen LogP contribution in [0.1, 0.15) is 55.0 Å². The maximum Gasteiger partial charge on any atom is 0.229 e. The van der Waals surface area contributed by atoms with Crippen LogP contribution in [0.5, 0.6) is 0 Å². The zero-order chi connectivity index (χ0) is 21.1. The monoisotopic (exact) mass is 404 g/mol. The van der Waals surface area contributed by atoms with Gasteiger partial charge in [-0.3, -0.25) is 4.79 Å². The third-order valence-corrected chi connectivity index (χ3v) is 5.90. The molecule has 1 aliphatic heterocycles. The third kappa shape index (κ3) is 4.38. The van der Waals surface area contributed by atoms with E-state index in [1.165, 1.54) is 5.56 Å². The van der Waals surface area contributed by atoms with Crippen molar-refractivity contribution < 1.29 is 4.79 Å². The van der Waals surface area contributed by atoms with E-state index in [1.54, 1.807) is 6.92 Å². The molecule has 7 nitrogen and oxygen atoms in total. The van der Waals surface area contributed by atoms with Crippen LogP contribution in [0.4, 0.5) is 17.5 Å². The van der Waals surface area contributed by atoms with Gasteiger partial charge in [-0.25, -0.2) is 4.98 Å². The molecule has 30 heavy (non-hydrogen) atoms. The van der Waals surface area contributed by atoms with Crippen molar-refractivity contribution in [3.63, 3.8) is 0 Å². The minimum atomic E-state index is 0.0154. The van der Waals surface area contributed by atoms with Gasteiger partial charge in [0.05, 0.1) is 17.3 Å². The Labute approximate surface area is 177 Å². The number of hydrogen-bond donors (Lipinski definition) is 2. The van der Waals surface area contributed by atoms with Crippen LogP contribution in [0.15, 0.2) is 18.2 Å². The summed E-state index contributed by atoms with van der Waals surface area (Å²) in [4.78, 5) is 23.5. The first-order chi connectivity index (χ1) is 14.5. The number of piperidine rings is 1. The van der Waals surface area contributed by atoms with Crippen molar-refractivity contribution >= 4 is 23.4 Å². The van der Waals surface area contributed by atoms with Gasteiger partial charge in [0, 0.05) is 37.3 Å². The Kier molecular flexibility index (Phi) is 5.84. The fraction of sp³-hybridized carbons (Fsp3) is 0.478. The summed E-state index contributed by atoms with van der Waals surface area (Å²) >= 11 is 0. The van der Waals surface area contributed by atoms with Gasteiger partial charge in [-0.15, -0.1) is 0 Å². The molecule has 1 fully saturated rings. The van der Waals surface area contributed by atoms with Crippen molar-refractivity contribution in [2.45, 2.75) is 58.4 Å². The molecule has 0 saturated carbocycles. The van der Waals surface area contributed by atoms with Crippen molar-refractivity contribution in [1.29, 1.82) is 5.26 Å². The van der Waals surface area contributed by atoms with Crippen LogP contribution < -0.4 is 15.5 Å². The molecule has 1 aromatic heterocycles. The summed E-state index contributed by atoms with van der Waals surface area (Å²) in [7, 11) is 0. The van der Waals surface area contributed by atoms with Crippen LogP contribution in [0.3, 0.4) is 0 Å². The third-order valence-electron chi connectivity index (χ3n) is 5.90. The fourth-order valence-electron chi connectivity index (χ4n) is 4.42. The molecule has 1 aromatic carbocycles. The van der Waals surface area contributed by atoms with Crippen LogP contribution in [0.25, 0.3) is 0 Å². The molecule has 4 rings (SSSR count). The first kappa shape index (κ1) is 20.1. The Morgan fingerprint density at radius 3 is 2.87 bits per heavy atom. The van der Waals surface area contributed by atoms with Gasteiger partial charge in [0.15, 0.2) is 0 Å². The van der Waals surface area contributed by atoms with E-state index in [0.29, 0.717) is 11.5 Å². The molecule has 2 aromatic rings. The van der Waals surface area contributed by atoms with E-state index in [1.807, 2.05) is 25.1 Å². The van der Waals surface area contributed by atoms with Crippen LogP contribution in [0.2, 0.25) is 0 Å². The zero-order valence-corrected chi connectivity index (χ0v) is 17.7. The normalized spacial score (nSPS) is 18.3. The Morgan fingerprint density at radius 1 is 1.23 bits per heavy atom. The van der Waals surface area contributed by atoms with Crippen molar-refractivity contribution in [2.24, 2.45) is 0 Å². The number of nitrogens with zero attached hydrogens (tertiary/aromatic N) is 4. The van der Waals surface area contributed by atoms with Crippen molar-refractivity contribution in [2.75, 3.05) is 23.3 Å². The summed E-state index contributed by atoms with van der Waals surface area (Å²) in [6, 6.07) is 8.10. The minimum absolute atomic E-state index is 0.0154. The molecule has 2 N–H and O–H groups in total. The highest BCUT2D eigenvalue weighted by atomic mass is 16.1. The lowest BCUT2D eigenvalue weighted by Crippen LogP contribution is -2.48. The van der Waals surface area contributed by atoms with Gasteiger partial charge < -0.3 is 15.5 Å². The summed E-state index contributed by atoms with van der Waals surface area (Å²) in [6.45, 7) is 5.20. The van der Waals surface area contributed by atoms with Crippen LogP contribution in [0, 0.1) is 18.3 Å². The van der Waals surface area contributed by atoms with Crippen molar-refractivity contribution in [3.8, 4) is 6.07 Å². The second kappa shape index (κ2) is 8.70. The van der Waals surface area contributed by atoms with Gasteiger partial charge in [0.2, 0.25) is 11.9 Å². The quantitative estimate of drug-likeness (QED) is 0.811. The Hall–Kier alpha value is -3.14. The average Bonchev–Trinajstić information content (AvgIpc) is 2.74. The molecular formula is C23H28N6O. The molecule has 0 bridgehead atoms. The van der Waals surface area contributed by atoms with Crippen molar-refractivity contribution in [3.05, 3.63) is 40.6 Å². The summed E-state index contributed by atoms with van der Waals surface area (Å²) in [5.74, 6) is 1.58. The van der Waals surface area contributed by atoms with Gasteiger partial charge >= 0.3 is 0 Å². The number of fused-ring (bicyclic) bond motifs is 1. The molecule has 1 amide bonds. The second-order valence-corrected chi connectivity index (χ2v) is 8.26. The number of rotatable bonds is 4. The smallest absolute Gasteiger partial charge is 0.229 e. The Morgan fingerprint density at radius 2 is 2.07 bits per heavy atom. The number of carbonyl (C=O) groups excluding carboxylic acids is 1. The molecule has 1 saturated heterocycles. The highest BCUT2D eigenvalue weighted by Crippen LogP contribution is 2.31. The molecule has 1 unspecified atom stereocenters. The summed E-state index contributed by atoms with van der Waals surface area (Å²) < 4.78 is 0. The predicted molar refractivity (Wildman–Crippen MR) is 117 cm³/mol. The van der Waals surface area contributed by atoms with Crippen molar-refractivity contribution in [1.82, 2.24) is 15.3 Å². The highest BCUT2D eigenvalue weighted by Gasteiger charge is 2.26. The second-order valence-electron chi connectivity index (χ2n) is 8.26. The lowest BCUT2D eigenvalue weighted by atomic mass is 9.95. The average molecular weight is 405 g/mol. The standard InChI is InChI=1S/C23H28N6O/c1-15-9-10-18(12-17(15)13-24)26-23-27-21-8-4-3-7-20(21)22(28-23)29-11-5-6-19(14-29)25-16(2)30/h9-10,12,19H,3-8,11,14H2,1-2H3,(H,25,30)(H,26,27,28). The topological polar surface area (TPSA) is 93.9 Å². The van der Waals surface area contributed by atoms with E-state index in [-0.39, 0.29) is 11.9 Å². The number of nitriles is 1. The van der Waals surface area contributed by atoms with Crippen LogP contribution in [-0.4, -0.2) is 35.0 Å². The van der Waals surface area contributed by atoms with Gasteiger partial charge in [-0.05, 0) is 63.1 Å². The molecule has 2 aliphatic rings. The van der Waals surface area contributed by atoms with E-state index < -0.39 is 0 Å². The molecule has 0 radical (unpaired) electrons. The maximum atomic E-state index is 11.5. The lowest BCUT2D eigenvalue weighted by Gasteiger charge is -2.36. The molecule has 7 heteroatoms. The number of aromatic nitrogens is 2. The molecule has 0 spiro atoms. The minimum Gasteiger partial charge on any atom is -0.354 e. The van der Waals surface area contributed by atoms with E-state index in [9.17, 15) is 10.1 Å². The molecule has 1 aliphatic carbocycles. The maximum absolute atomic E-state index is 11.5. The first-order valence-electron chi connectivity index (χ1n) is 10.7. The molecule has 156 valence electrons. The summed E-state index contributed by atoms with van der Waals surface area (Å²) in [6.07, 6.45) is 6.27. The fourth-order valence-corrected chi connectivity index (χ4v) is 4.42. The van der Waals surface area contributed by atoms with Crippen LogP contribution >= 0.6 is 0 Å². The number of nitrogens with one attached hydrogen (secondary N) is 2. The van der Waals surface area contributed by atoms with E-state index in [0.717, 1.165) is 74.4 Å². The largest absolute Gasteiger partial charge is 0.354 e. The highest BCUT2D eigenvalue weighted by molar-refractivity contribution is 5.73. The molecule has 1 atom stereocenters. The van der Waals surface area contributed by atoms with Crippen LogP contribution in [-0.2, 0) is 17.6 Å². The van der Waals surface area contributed by atoms with Gasteiger partial charge in [-0.1, -0.05) is 6.07 Å². The summed E-state index contributed by atoms with van der Waals surface area (Å²) in [5, 5.41) is 15.7. The number of carbonyl (C=O) groups is 1.